The highest BCUT2D eigenvalue weighted by molar-refractivity contribution is 8.43. The molecule has 0 aliphatic carbocycles. The third-order valence-electron chi connectivity index (χ3n) is 0.250. The first kappa shape index (κ1) is 6.29. The van der Waals surface area contributed by atoms with E-state index in [0.29, 0.717) is 0 Å². The van der Waals surface area contributed by atoms with Gasteiger partial charge in [-0.25, -0.2) is 0 Å². The Morgan fingerprint density at radius 2 is 1.40 bits per heavy atom. The molecule has 0 fully saturated rings. The predicted molar refractivity (Wildman–Crippen MR) is 36.8 cm³/mol. The number of rotatable bonds is 2. The molecule has 0 nitrogen and oxygen atoms in total. The lowest BCUT2D eigenvalue weighted by Gasteiger charge is -1.81. The van der Waals surface area contributed by atoms with Gasteiger partial charge in [0.2, 0.25) is 0 Å². The molecule has 0 heterocycles. The third kappa shape index (κ3) is 5.29. The van der Waals surface area contributed by atoms with Crippen LogP contribution in [0.15, 0.2) is 0 Å². The normalized spacial score (nSPS) is 15.6. The van der Waals surface area contributed by atoms with Crippen LogP contribution in [-0.4, -0.2) is 13.3 Å². The van der Waals surface area contributed by atoms with Crippen LogP contribution in [0.1, 0.15) is 0 Å². The van der Waals surface area contributed by atoms with Crippen LogP contribution in [0.4, 0.5) is 0 Å². The molecule has 32 valence electrons. The lowest BCUT2D eigenvalue weighted by molar-refractivity contribution is 2.50. The summed E-state index contributed by atoms with van der Waals surface area (Å²) in [6.45, 7) is 4.52. The summed E-state index contributed by atoms with van der Waals surface area (Å²) in [5.74, 6) is 0. The Balaban J connectivity index is 2.19. The van der Waals surface area contributed by atoms with E-state index in [1.165, 1.54) is 24.5 Å². The minimum absolute atomic E-state index is 1.20. The highest BCUT2D eigenvalue weighted by Crippen LogP contribution is 2.48. The van der Waals surface area contributed by atoms with E-state index < -0.39 is 0 Å². The maximum Gasteiger partial charge on any atom is -0.0432 e. The molecular weight excluding hydrogens is 117 g/mol. The van der Waals surface area contributed by atoms with Gasteiger partial charge >= 0.3 is 0 Å². The standard InChI is InChI=1S/C2H9P3/c1-3-5-4-2/h3-5H,1-2H3. The molecule has 5 heavy (non-hydrogen) atoms. The van der Waals surface area contributed by atoms with Gasteiger partial charge in [0.25, 0.3) is 0 Å². The first-order chi connectivity index (χ1) is 2.41. The maximum absolute atomic E-state index is 2.26. The Hall–Kier alpha value is 1.29. The summed E-state index contributed by atoms with van der Waals surface area (Å²) in [4.78, 5) is 0. The van der Waals surface area contributed by atoms with Crippen LogP contribution in [0.3, 0.4) is 0 Å². The fourth-order valence-electron chi connectivity index (χ4n) is 0.125. The largest absolute Gasteiger partial charge is 0.0982 e. The van der Waals surface area contributed by atoms with Crippen molar-refractivity contribution in [2.45, 2.75) is 0 Å². The average Bonchev–Trinajstić information content (AvgIpc) is 1.41. The van der Waals surface area contributed by atoms with Crippen LogP contribution in [0, 0.1) is 0 Å². The molecule has 0 spiro atoms. The third-order valence-corrected chi connectivity index (χ3v) is 6.75. The molecule has 3 heteroatoms. The predicted octanol–water partition coefficient (Wildman–Crippen LogP) is 2.11. The Bertz CT molecular complexity index is 12.4. The number of hydrogen-bond donors (Lipinski definition) is 0. The summed E-state index contributed by atoms with van der Waals surface area (Å²) in [5, 5.41) is 0. The molecule has 0 aromatic heterocycles. The molecule has 0 radical (unpaired) electrons. The molecule has 0 N–H and O–H groups in total. The molecule has 0 aliphatic rings. The van der Waals surface area contributed by atoms with Gasteiger partial charge < -0.3 is 0 Å². The second-order valence-corrected chi connectivity index (χ2v) is 7.88. The maximum atomic E-state index is 2.26. The quantitative estimate of drug-likeness (QED) is 0.497. The summed E-state index contributed by atoms with van der Waals surface area (Å²) in [6.07, 6.45) is 0. The van der Waals surface area contributed by atoms with Crippen LogP contribution in [-0.2, 0) is 0 Å². The van der Waals surface area contributed by atoms with Gasteiger partial charge in [0.15, 0.2) is 0 Å². The van der Waals surface area contributed by atoms with Gasteiger partial charge in [-0.2, -0.15) is 0 Å². The lowest BCUT2D eigenvalue weighted by Crippen LogP contribution is -1.16. The van der Waals surface area contributed by atoms with Crippen molar-refractivity contribution in [3.8, 4) is 0 Å². The summed E-state index contributed by atoms with van der Waals surface area (Å²) in [7, 11) is 3.65. The van der Waals surface area contributed by atoms with Gasteiger partial charge in [-0.05, 0) is 13.3 Å². The molecule has 0 aliphatic heterocycles. The number of hydrogen-bond acceptors (Lipinski definition) is 0. The van der Waals surface area contributed by atoms with Gasteiger partial charge in [-0.1, -0.05) is 24.5 Å². The SMILES string of the molecule is CPPPC. The van der Waals surface area contributed by atoms with E-state index in [0.717, 1.165) is 0 Å². The zero-order valence-electron chi connectivity index (χ0n) is 3.50. The van der Waals surface area contributed by atoms with Gasteiger partial charge in [0, 0.05) is 0 Å². The molecule has 2 atom stereocenters. The molecule has 0 aromatic rings. The molecule has 0 saturated carbocycles. The smallest absolute Gasteiger partial charge is 0.0432 e. The van der Waals surface area contributed by atoms with Crippen molar-refractivity contribution in [2.24, 2.45) is 0 Å². The topological polar surface area (TPSA) is 0 Å². The van der Waals surface area contributed by atoms with Crippen molar-refractivity contribution in [3.05, 3.63) is 0 Å². The zero-order chi connectivity index (χ0) is 4.12. The van der Waals surface area contributed by atoms with Crippen molar-refractivity contribution in [1.29, 1.82) is 0 Å². The van der Waals surface area contributed by atoms with Gasteiger partial charge in [-0.15, -0.1) is 0 Å². The van der Waals surface area contributed by atoms with Gasteiger partial charge in [0.1, 0.15) is 0 Å². The second-order valence-electron chi connectivity index (χ2n) is 0.625. The van der Waals surface area contributed by atoms with Crippen LogP contribution >= 0.6 is 24.5 Å². The zero-order valence-corrected chi connectivity index (χ0v) is 6.50. The highest BCUT2D eigenvalue weighted by Gasteiger charge is 1.65. The van der Waals surface area contributed by atoms with Crippen molar-refractivity contribution in [1.82, 2.24) is 0 Å². The lowest BCUT2D eigenvalue weighted by atomic mass is 12.0. The van der Waals surface area contributed by atoms with Crippen molar-refractivity contribution in [2.75, 3.05) is 13.3 Å². The molecule has 2 unspecified atom stereocenters. The van der Waals surface area contributed by atoms with Crippen LogP contribution in [0.5, 0.6) is 0 Å². The Morgan fingerprint density at radius 3 is 1.40 bits per heavy atom. The van der Waals surface area contributed by atoms with Gasteiger partial charge in [-0.3, -0.25) is 0 Å². The van der Waals surface area contributed by atoms with E-state index >= 15 is 0 Å². The monoisotopic (exact) mass is 126 g/mol. The summed E-state index contributed by atoms with van der Waals surface area (Å²) in [6, 6.07) is 0. The molecule has 0 rings (SSSR count). The Labute approximate surface area is 38.6 Å². The second kappa shape index (κ2) is 5.29. The van der Waals surface area contributed by atoms with Gasteiger partial charge in [0.05, 0.1) is 0 Å². The molecule has 0 amide bonds. The molecule has 0 aromatic carbocycles. The van der Waals surface area contributed by atoms with E-state index in [1.54, 1.807) is 0 Å². The van der Waals surface area contributed by atoms with Crippen LogP contribution < -0.4 is 0 Å². The first-order valence-electron chi connectivity index (χ1n) is 1.50. The molecule has 0 bridgehead atoms. The van der Waals surface area contributed by atoms with Crippen molar-refractivity contribution < 1.29 is 0 Å². The van der Waals surface area contributed by atoms with E-state index in [4.69, 9.17) is 0 Å². The van der Waals surface area contributed by atoms with Crippen LogP contribution in [0.2, 0.25) is 0 Å². The highest BCUT2D eigenvalue weighted by atomic mass is 32.4. The van der Waals surface area contributed by atoms with Crippen molar-refractivity contribution >= 4 is 24.5 Å². The molecule has 0 saturated heterocycles. The van der Waals surface area contributed by atoms with Crippen molar-refractivity contribution in [3.63, 3.8) is 0 Å². The Morgan fingerprint density at radius 1 is 1.00 bits per heavy atom. The fraction of sp³-hybridized carbons (Fsp3) is 1.00. The van der Waals surface area contributed by atoms with E-state index in [2.05, 4.69) is 13.3 Å². The minimum atomic E-state index is 1.20. The summed E-state index contributed by atoms with van der Waals surface area (Å²) < 4.78 is 0. The molecular formula is C2H9P3. The van der Waals surface area contributed by atoms with E-state index in [9.17, 15) is 0 Å². The minimum Gasteiger partial charge on any atom is -0.0982 e. The Kier molecular flexibility index (Phi) is 6.65. The summed E-state index contributed by atoms with van der Waals surface area (Å²) >= 11 is 0. The van der Waals surface area contributed by atoms with E-state index in [1.807, 2.05) is 0 Å². The van der Waals surface area contributed by atoms with E-state index in [-0.39, 0.29) is 0 Å². The van der Waals surface area contributed by atoms with Crippen LogP contribution in [0.25, 0.3) is 0 Å². The first-order valence-corrected chi connectivity index (χ1v) is 7.50. The average molecular weight is 126 g/mol. The fourth-order valence-corrected chi connectivity index (χ4v) is 3.38. The summed E-state index contributed by atoms with van der Waals surface area (Å²) in [5.41, 5.74) is 0.